The molecule has 1 heterocycles. The lowest BCUT2D eigenvalue weighted by Crippen LogP contribution is -2.10. The third kappa shape index (κ3) is 4.31. The van der Waals surface area contributed by atoms with Gasteiger partial charge < -0.3 is 15.2 Å². The summed E-state index contributed by atoms with van der Waals surface area (Å²) in [5.41, 5.74) is 6.89. The van der Waals surface area contributed by atoms with Crippen LogP contribution in [0.4, 0.5) is 5.00 Å². The Morgan fingerprint density at radius 3 is 2.39 bits per heavy atom. The fraction of sp³-hybridized carbons (Fsp3) is 0.238. The molecule has 0 bridgehead atoms. The van der Waals surface area contributed by atoms with Crippen LogP contribution < -0.4 is 5.73 Å². The Morgan fingerprint density at radius 2 is 1.68 bits per heavy atom. The SMILES string of the molecule is CCOC(=O)c1sc(N)c(C(=O)OCC)c1CSc1ccc2ccccc2c1. The molecular formula is C21H21NO4S2. The van der Waals surface area contributed by atoms with Crippen LogP contribution in [0.3, 0.4) is 0 Å². The zero-order valence-corrected chi connectivity index (χ0v) is 17.3. The second-order valence-electron chi connectivity index (χ2n) is 5.89. The second-order valence-corrected chi connectivity index (χ2v) is 7.99. The first-order valence-electron chi connectivity index (χ1n) is 8.92. The van der Waals surface area contributed by atoms with Gasteiger partial charge in [0.1, 0.15) is 9.88 Å². The van der Waals surface area contributed by atoms with Crippen molar-refractivity contribution in [3.63, 3.8) is 0 Å². The number of rotatable bonds is 7. The number of carbonyl (C=O) groups excluding carboxylic acids is 2. The molecule has 0 aliphatic rings. The number of thiophene rings is 1. The maximum absolute atomic E-state index is 12.4. The van der Waals surface area contributed by atoms with Gasteiger partial charge in [-0.1, -0.05) is 30.3 Å². The van der Waals surface area contributed by atoms with Crippen molar-refractivity contribution in [2.45, 2.75) is 24.5 Å². The number of hydrogen-bond acceptors (Lipinski definition) is 7. The van der Waals surface area contributed by atoms with Crippen LogP contribution in [0.5, 0.6) is 0 Å². The number of anilines is 1. The van der Waals surface area contributed by atoms with E-state index in [1.165, 1.54) is 11.8 Å². The van der Waals surface area contributed by atoms with E-state index in [-0.39, 0.29) is 23.8 Å². The third-order valence-corrected chi connectivity index (χ3v) is 6.14. The lowest BCUT2D eigenvalue weighted by atomic mass is 10.1. The van der Waals surface area contributed by atoms with Crippen LogP contribution in [0.25, 0.3) is 10.8 Å². The number of carbonyl (C=O) groups is 2. The van der Waals surface area contributed by atoms with E-state index in [9.17, 15) is 9.59 Å². The Morgan fingerprint density at radius 1 is 1.00 bits per heavy atom. The molecule has 0 atom stereocenters. The van der Waals surface area contributed by atoms with E-state index in [1.807, 2.05) is 18.2 Å². The van der Waals surface area contributed by atoms with Gasteiger partial charge in [-0.2, -0.15) is 0 Å². The predicted octanol–water partition coefficient (Wildman–Crippen LogP) is 5.13. The molecule has 1 aromatic heterocycles. The minimum Gasteiger partial charge on any atom is -0.462 e. The van der Waals surface area contributed by atoms with Crippen molar-refractivity contribution in [2.75, 3.05) is 18.9 Å². The topological polar surface area (TPSA) is 78.6 Å². The number of benzene rings is 2. The molecule has 0 amide bonds. The number of fused-ring (bicyclic) bond motifs is 1. The van der Waals surface area contributed by atoms with E-state index < -0.39 is 11.9 Å². The Labute approximate surface area is 171 Å². The fourth-order valence-corrected chi connectivity index (χ4v) is 4.86. The molecule has 0 unspecified atom stereocenters. The lowest BCUT2D eigenvalue weighted by molar-refractivity contribution is 0.0527. The van der Waals surface area contributed by atoms with Gasteiger partial charge >= 0.3 is 11.9 Å². The van der Waals surface area contributed by atoms with Gasteiger partial charge in [0.15, 0.2) is 0 Å². The van der Waals surface area contributed by atoms with Crippen molar-refractivity contribution in [3.8, 4) is 0 Å². The van der Waals surface area contributed by atoms with Gasteiger partial charge in [0, 0.05) is 16.2 Å². The van der Waals surface area contributed by atoms with Crippen LogP contribution in [-0.2, 0) is 15.2 Å². The number of esters is 2. The Hall–Kier alpha value is -2.51. The van der Waals surface area contributed by atoms with E-state index in [0.717, 1.165) is 27.0 Å². The zero-order valence-electron chi connectivity index (χ0n) is 15.7. The number of nitrogen functional groups attached to an aromatic ring is 1. The summed E-state index contributed by atoms with van der Waals surface area (Å²) in [6.07, 6.45) is 0. The van der Waals surface area contributed by atoms with E-state index in [0.29, 0.717) is 16.2 Å². The first-order valence-corrected chi connectivity index (χ1v) is 10.7. The highest BCUT2D eigenvalue weighted by Gasteiger charge is 2.27. The Kier molecular flexibility index (Phi) is 6.59. The number of nitrogens with two attached hydrogens (primary N) is 1. The average Bonchev–Trinajstić information content (AvgIpc) is 3.03. The fourth-order valence-electron chi connectivity index (χ4n) is 2.82. The van der Waals surface area contributed by atoms with Crippen LogP contribution >= 0.6 is 23.1 Å². The molecule has 146 valence electrons. The Bertz CT molecular complexity index is 1010. The number of thioether (sulfide) groups is 1. The summed E-state index contributed by atoms with van der Waals surface area (Å²) in [6.45, 7) is 3.96. The summed E-state index contributed by atoms with van der Waals surface area (Å²) < 4.78 is 10.3. The second kappa shape index (κ2) is 9.12. The van der Waals surface area contributed by atoms with Gasteiger partial charge in [-0.05, 0) is 36.8 Å². The Balaban J connectivity index is 1.93. The van der Waals surface area contributed by atoms with Crippen LogP contribution in [0.2, 0.25) is 0 Å². The van der Waals surface area contributed by atoms with Crippen molar-refractivity contribution in [1.82, 2.24) is 0 Å². The summed E-state index contributed by atoms with van der Waals surface area (Å²) in [5.74, 6) is -0.571. The molecule has 0 radical (unpaired) electrons. The van der Waals surface area contributed by atoms with E-state index in [2.05, 4.69) is 24.3 Å². The maximum Gasteiger partial charge on any atom is 0.348 e. The highest BCUT2D eigenvalue weighted by molar-refractivity contribution is 7.98. The first-order chi connectivity index (χ1) is 13.5. The van der Waals surface area contributed by atoms with Crippen LogP contribution in [-0.4, -0.2) is 25.2 Å². The summed E-state index contributed by atoms with van der Waals surface area (Å²) >= 11 is 2.61. The molecule has 7 heteroatoms. The number of ether oxygens (including phenoxy) is 2. The summed E-state index contributed by atoms with van der Waals surface area (Å²) in [6, 6.07) is 14.3. The molecule has 0 aliphatic carbocycles. The predicted molar refractivity (Wildman–Crippen MR) is 114 cm³/mol. The molecule has 0 spiro atoms. The van der Waals surface area contributed by atoms with Crippen LogP contribution in [0, 0.1) is 0 Å². The standard InChI is InChI=1S/C21H21NO4S2/c1-3-25-20(23)17-16(18(28-19(17)22)21(24)26-4-2)12-27-15-10-9-13-7-5-6-8-14(13)11-15/h5-11H,3-4,12,22H2,1-2H3. The lowest BCUT2D eigenvalue weighted by Gasteiger charge is -2.08. The largest absolute Gasteiger partial charge is 0.462 e. The molecule has 0 fully saturated rings. The van der Waals surface area contributed by atoms with E-state index >= 15 is 0 Å². The van der Waals surface area contributed by atoms with Crippen LogP contribution in [0.15, 0.2) is 47.4 Å². The van der Waals surface area contributed by atoms with Gasteiger partial charge in [-0.25, -0.2) is 9.59 Å². The maximum atomic E-state index is 12.4. The average molecular weight is 416 g/mol. The minimum absolute atomic E-state index is 0.236. The third-order valence-electron chi connectivity index (χ3n) is 4.08. The van der Waals surface area contributed by atoms with Crippen molar-refractivity contribution >= 4 is 50.8 Å². The first kappa shape index (κ1) is 20.2. The molecule has 0 saturated heterocycles. The van der Waals surface area contributed by atoms with Gasteiger partial charge in [-0.3, -0.25) is 0 Å². The van der Waals surface area contributed by atoms with E-state index in [1.54, 1.807) is 13.8 Å². The smallest absolute Gasteiger partial charge is 0.348 e. The summed E-state index contributed by atoms with van der Waals surface area (Å²) in [7, 11) is 0. The highest BCUT2D eigenvalue weighted by Crippen LogP contribution is 2.37. The van der Waals surface area contributed by atoms with Crippen molar-refractivity contribution < 1.29 is 19.1 Å². The van der Waals surface area contributed by atoms with Gasteiger partial charge in [0.05, 0.1) is 18.8 Å². The molecule has 0 aliphatic heterocycles. The van der Waals surface area contributed by atoms with Gasteiger partial charge in [0.25, 0.3) is 0 Å². The molecule has 2 N–H and O–H groups in total. The van der Waals surface area contributed by atoms with E-state index in [4.69, 9.17) is 15.2 Å². The minimum atomic E-state index is -0.513. The van der Waals surface area contributed by atoms with Gasteiger partial charge in [-0.15, -0.1) is 23.1 Å². The van der Waals surface area contributed by atoms with Gasteiger partial charge in [0.2, 0.25) is 0 Å². The monoisotopic (exact) mass is 415 g/mol. The molecule has 3 rings (SSSR count). The molecule has 5 nitrogen and oxygen atoms in total. The molecule has 0 saturated carbocycles. The van der Waals surface area contributed by atoms with Crippen LogP contribution in [0.1, 0.15) is 39.4 Å². The summed E-state index contributed by atoms with van der Waals surface area (Å²) in [5, 5.41) is 2.57. The quantitative estimate of drug-likeness (QED) is 0.426. The zero-order chi connectivity index (χ0) is 20.1. The molecular weight excluding hydrogens is 394 g/mol. The molecule has 2 aromatic carbocycles. The normalized spacial score (nSPS) is 10.8. The molecule has 3 aromatic rings. The highest BCUT2D eigenvalue weighted by atomic mass is 32.2. The molecule has 28 heavy (non-hydrogen) atoms. The van der Waals surface area contributed by atoms with Crippen molar-refractivity contribution in [1.29, 1.82) is 0 Å². The summed E-state index contributed by atoms with van der Waals surface area (Å²) in [4.78, 5) is 26.2. The number of hydrogen-bond donors (Lipinski definition) is 1. The van der Waals surface area contributed by atoms with Crippen molar-refractivity contribution in [2.24, 2.45) is 0 Å². The van der Waals surface area contributed by atoms with Crippen molar-refractivity contribution in [3.05, 3.63) is 58.5 Å².